The summed E-state index contributed by atoms with van der Waals surface area (Å²) in [6, 6.07) is 15.1. The van der Waals surface area contributed by atoms with Crippen LogP contribution in [-0.2, 0) is 4.74 Å². The Bertz CT molecular complexity index is 701. The fraction of sp³-hybridized carbons (Fsp3) is 0.368. The maximum absolute atomic E-state index is 6.07. The summed E-state index contributed by atoms with van der Waals surface area (Å²) in [5.41, 5.74) is 3.74. The lowest BCUT2D eigenvalue weighted by Gasteiger charge is -2.36. The Labute approximate surface area is 145 Å². The molecule has 23 heavy (non-hydrogen) atoms. The maximum Gasteiger partial charge on any atom is 0.119 e. The van der Waals surface area contributed by atoms with Gasteiger partial charge in [0.25, 0.3) is 0 Å². The van der Waals surface area contributed by atoms with E-state index in [-0.39, 0.29) is 12.1 Å². The molecule has 0 aliphatic carbocycles. The summed E-state index contributed by atoms with van der Waals surface area (Å²) in [5.74, 6) is 1.39. The van der Waals surface area contributed by atoms with Gasteiger partial charge < -0.3 is 14.8 Å². The highest BCUT2D eigenvalue weighted by Crippen LogP contribution is 2.50. The standard InChI is InChI=1S/C19H20BrNO2/c1-2-22-14-6-3-12(4-7-14)18-15-9-10-23-19(15)16-11-13(20)5-8-17(16)21-18/h3-8,11,15,18-19,21H,2,9-10H2,1H3/t15-,18-,19-/m0/s1. The van der Waals surface area contributed by atoms with Crippen molar-refractivity contribution in [3.05, 3.63) is 58.1 Å². The summed E-state index contributed by atoms with van der Waals surface area (Å²) in [4.78, 5) is 0. The summed E-state index contributed by atoms with van der Waals surface area (Å²) < 4.78 is 12.7. The maximum atomic E-state index is 6.07. The van der Waals surface area contributed by atoms with Crippen LogP contribution in [0.3, 0.4) is 0 Å². The van der Waals surface area contributed by atoms with Crippen molar-refractivity contribution in [2.45, 2.75) is 25.5 Å². The van der Waals surface area contributed by atoms with Gasteiger partial charge in [-0.3, -0.25) is 0 Å². The molecular formula is C19H20BrNO2. The van der Waals surface area contributed by atoms with Crippen LogP contribution in [0.4, 0.5) is 5.69 Å². The SMILES string of the molecule is CCOc1ccc([C@@H]2Nc3ccc(Br)cc3[C@H]3OCC[C@H]32)cc1. The first-order chi connectivity index (χ1) is 11.3. The zero-order valence-corrected chi connectivity index (χ0v) is 14.7. The molecule has 4 heteroatoms. The van der Waals surface area contributed by atoms with Crippen LogP contribution in [0.2, 0.25) is 0 Å². The van der Waals surface area contributed by atoms with Gasteiger partial charge in [-0.2, -0.15) is 0 Å². The molecule has 2 aromatic carbocycles. The summed E-state index contributed by atoms with van der Waals surface area (Å²) in [6.45, 7) is 3.53. The van der Waals surface area contributed by atoms with Gasteiger partial charge in [0.15, 0.2) is 0 Å². The van der Waals surface area contributed by atoms with Crippen LogP contribution in [0.1, 0.15) is 36.6 Å². The van der Waals surface area contributed by atoms with E-state index in [2.05, 4.69) is 63.7 Å². The lowest BCUT2D eigenvalue weighted by atomic mass is 9.81. The number of hydrogen-bond donors (Lipinski definition) is 1. The lowest BCUT2D eigenvalue weighted by Crippen LogP contribution is -2.29. The molecule has 120 valence electrons. The minimum Gasteiger partial charge on any atom is -0.494 e. The molecule has 3 nitrogen and oxygen atoms in total. The zero-order valence-electron chi connectivity index (χ0n) is 13.1. The molecule has 1 saturated heterocycles. The predicted octanol–water partition coefficient (Wildman–Crippen LogP) is 5.09. The van der Waals surface area contributed by atoms with E-state index in [0.29, 0.717) is 12.5 Å². The number of rotatable bonds is 3. The quantitative estimate of drug-likeness (QED) is 0.812. The molecule has 3 atom stereocenters. The van der Waals surface area contributed by atoms with Crippen LogP contribution >= 0.6 is 15.9 Å². The molecule has 2 aromatic rings. The third kappa shape index (κ3) is 2.74. The molecule has 0 amide bonds. The Kier molecular flexibility index (Phi) is 4.04. The molecule has 1 fully saturated rings. The van der Waals surface area contributed by atoms with Gasteiger partial charge in [0.1, 0.15) is 5.75 Å². The van der Waals surface area contributed by atoms with Gasteiger partial charge in [-0.25, -0.2) is 0 Å². The third-order valence-electron chi connectivity index (χ3n) is 4.75. The van der Waals surface area contributed by atoms with Gasteiger partial charge in [-0.1, -0.05) is 28.1 Å². The number of hydrogen-bond acceptors (Lipinski definition) is 3. The molecule has 0 radical (unpaired) electrons. The third-order valence-corrected chi connectivity index (χ3v) is 5.24. The molecule has 0 saturated carbocycles. The second-order valence-electron chi connectivity index (χ2n) is 6.10. The smallest absolute Gasteiger partial charge is 0.119 e. The topological polar surface area (TPSA) is 30.5 Å². The Morgan fingerprint density at radius 2 is 2.04 bits per heavy atom. The first kappa shape index (κ1) is 15.0. The van der Waals surface area contributed by atoms with E-state index in [1.165, 1.54) is 16.8 Å². The van der Waals surface area contributed by atoms with Crippen molar-refractivity contribution in [1.82, 2.24) is 0 Å². The van der Waals surface area contributed by atoms with Crippen molar-refractivity contribution in [3.63, 3.8) is 0 Å². The minimum absolute atomic E-state index is 0.181. The highest BCUT2D eigenvalue weighted by atomic mass is 79.9. The highest BCUT2D eigenvalue weighted by molar-refractivity contribution is 9.10. The van der Waals surface area contributed by atoms with Crippen LogP contribution in [-0.4, -0.2) is 13.2 Å². The monoisotopic (exact) mass is 373 g/mol. The number of ether oxygens (including phenoxy) is 2. The number of anilines is 1. The Balaban J connectivity index is 1.68. The second kappa shape index (κ2) is 6.17. The summed E-state index contributed by atoms with van der Waals surface area (Å²) in [7, 11) is 0. The fourth-order valence-corrected chi connectivity index (χ4v) is 4.09. The van der Waals surface area contributed by atoms with Crippen molar-refractivity contribution < 1.29 is 9.47 Å². The normalized spacial score (nSPS) is 25.4. The van der Waals surface area contributed by atoms with Gasteiger partial charge in [-0.15, -0.1) is 0 Å². The number of halogens is 1. The summed E-state index contributed by atoms with van der Waals surface area (Å²) in [6.07, 6.45) is 1.27. The van der Waals surface area contributed by atoms with E-state index in [9.17, 15) is 0 Å². The van der Waals surface area contributed by atoms with Gasteiger partial charge >= 0.3 is 0 Å². The van der Waals surface area contributed by atoms with Crippen LogP contribution in [0.25, 0.3) is 0 Å². The average Bonchev–Trinajstić information content (AvgIpc) is 3.05. The molecule has 0 spiro atoms. The van der Waals surface area contributed by atoms with Crippen LogP contribution < -0.4 is 10.1 Å². The predicted molar refractivity (Wildman–Crippen MR) is 94.9 cm³/mol. The van der Waals surface area contributed by atoms with Gasteiger partial charge in [-0.05, 0) is 49.2 Å². The first-order valence-electron chi connectivity index (χ1n) is 8.16. The summed E-state index contributed by atoms with van der Waals surface area (Å²) >= 11 is 3.57. The Morgan fingerprint density at radius 1 is 1.22 bits per heavy atom. The Hall–Kier alpha value is -1.52. The molecule has 0 bridgehead atoms. The van der Waals surface area contributed by atoms with Crippen molar-refractivity contribution >= 4 is 21.6 Å². The van der Waals surface area contributed by atoms with E-state index in [4.69, 9.17) is 9.47 Å². The second-order valence-corrected chi connectivity index (χ2v) is 7.02. The molecule has 2 aliphatic rings. The molecule has 4 rings (SSSR count). The Morgan fingerprint density at radius 3 is 2.83 bits per heavy atom. The molecule has 0 unspecified atom stereocenters. The molecule has 2 aliphatic heterocycles. The number of fused-ring (bicyclic) bond motifs is 3. The van der Waals surface area contributed by atoms with Crippen LogP contribution in [0.5, 0.6) is 5.75 Å². The summed E-state index contributed by atoms with van der Waals surface area (Å²) in [5, 5.41) is 3.72. The van der Waals surface area contributed by atoms with Crippen molar-refractivity contribution in [2.75, 3.05) is 18.5 Å². The fourth-order valence-electron chi connectivity index (χ4n) is 3.71. The average molecular weight is 374 g/mol. The largest absolute Gasteiger partial charge is 0.494 e. The number of benzene rings is 2. The molecular weight excluding hydrogens is 354 g/mol. The van der Waals surface area contributed by atoms with E-state index in [1.807, 2.05) is 6.92 Å². The van der Waals surface area contributed by atoms with Crippen molar-refractivity contribution in [1.29, 1.82) is 0 Å². The van der Waals surface area contributed by atoms with Gasteiger partial charge in [0.2, 0.25) is 0 Å². The molecule has 1 N–H and O–H groups in total. The van der Waals surface area contributed by atoms with Crippen molar-refractivity contribution in [2.24, 2.45) is 5.92 Å². The van der Waals surface area contributed by atoms with E-state index < -0.39 is 0 Å². The van der Waals surface area contributed by atoms with E-state index in [1.54, 1.807) is 0 Å². The highest BCUT2D eigenvalue weighted by Gasteiger charge is 2.41. The van der Waals surface area contributed by atoms with E-state index >= 15 is 0 Å². The minimum atomic E-state index is 0.181. The molecule has 0 aromatic heterocycles. The number of nitrogens with one attached hydrogen (secondary N) is 1. The first-order valence-corrected chi connectivity index (χ1v) is 8.96. The lowest BCUT2D eigenvalue weighted by molar-refractivity contribution is 0.0829. The van der Waals surface area contributed by atoms with Gasteiger partial charge in [0.05, 0.1) is 18.8 Å². The zero-order chi connectivity index (χ0) is 15.8. The molecule has 2 heterocycles. The van der Waals surface area contributed by atoms with E-state index in [0.717, 1.165) is 23.2 Å². The van der Waals surface area contributed by atoms with Crippen molar-refractivity contribution in [3.8, 4) is 5.75 Å². The van der Waals surface area contributed by atoms with Crippen LogP contribution in [0, 0.1) is 5.92 Å². The van der Waals surface area contributed by atoms with Gasteiger partial charge in [0, 0.05) is 28.2 Å². The van der Waals surface area contributed by atoms with Crippen LogP contribution in [0.15, 0.2) is 46.9 Å².